The first-order chi connectivity index (χ1) is 16.3. The molecule has 0 saturated heterocycles. The third kappa shape index (κ3) is 4.57. The van der Waals surface area contributed by atoms with Crippen molar-refractivity contribution < 1.29 is 9.59 Å². The minimum absolute atomic E-state index is 0.0740. The van der Waals surface area contributed by atoms with Crippen molar-refractivity contribution in [1.29, 1.82) is 0 Å². The number of nitrogens with zero attached hydrogens (tertiary/aromatic N) is 2. The van der Waals surface area contributed by atoms with E-state index in [1.165, 1.54) is 0 Å². The average Bonchev–Trinajstić information content (AvgIpc) is 2.85. The molecule has 0 radical (unpaired) electrons. The van der Waals surface area contributed by atoms with Gasteiger partial charge >= 0.3 is 0 Å². The van der Waals surface area contributed by atoms with E-state index >= 15 is 0 Å². The smallest absolute Gasteiger partial charge is 0.258 e. The number of anilines is 2. The van der Waals surface area contributed by atoms with E-state index in [0.29, 0.717) is 22.0 Å². The van der Waals surface area contributed by atoms with E-state index in [2.05, 4.69) is 6.92 Å². The molecule has 0 saturated carbocycles. The van der Waals surface area contributed by atoms with Crippen LogP contribution in [0.2, 0.25) is 10.0 Å². The number of hydrogen-bond donors (Lipinski definition) is 0. The second-order valence-corrected chi connectivity index (χ2v) is 9.63. The van der Waals surface area contributed by atoms with Gasteiger partial charge in [-0.05, 0) is 61.7 Å². The lowest BCUT2D eigenvalue weighted by Gasteiger charge is -2.44. The van der Waals surface area contributed by atoms with E-state index < -0.39 is 0 Å². The van der Waals surface area contributed by atoms with Gasteiger partial charge in [0.05, 0.1) is 16.1 Å². The van der Waals surface area contributed by atoms with Crippen molar-refractivity contribution in [3.8, 4) is 0 Å². The number of rotatable bonds is 5. The first kappa shape index (κ1) is 24.3. The van der Waals surface area contributed by atoms with Crippen LogP contribution in [0.25, 0.3) is 0 Å². The van der Waals surface area contributed by atoms with Gasteiger partial charge in [-0.25, -0.2) is 0 Å². The molecule has 3 aromatic carbocycles. The summed E-state index contributed by atoms with van der Waals surface area (Å²) < 4.78 is 0. The Morgan fingerprint density at radius 3 is 2.35 bits per heavy atom. The third-order valence-electron chi connectivity index (χ3n) is 6.56. The number of amides is 2. The van der Waals surface area contributed by atoms with Gasteiger partial charge in [-0.2, -0.15) is 0 Å². The van der Waals surface area contributed by atoms with Gasteiger partial charge in [0.2, 0.25) is 5.91 Å². The molecule has 3 atom stereocenters. The van der Waals surface area contributed by atoms with E-state index in [9.17, 15) is 9.59 Å². The molecular formula is C28H28Cl2N2O2. The molecule has 176 valence electrons. The number of fused-ring (bicyclic) bond motifs is 1. The maximum Gasteiger partial charge on any atom is 0.258 e. The van der Waals surface area contributed by atoms with Crippen LogP contribution in [0.1, 0.15) is 55.6 Å². The van der Waals surface area contributed by atoms with Crippen LogP contribution >= 0.6 is 23.2 Å². The topological polar surface area (TPSA) is 40.6 Å². The minimum atomic E-state index is -0.253. The SMILES string of the molecule is CCC(C)C(=O)N1c2ccccc2C(N(C(=O)c2ccc(Cl)c(Cl)c2)c2ccccc2)CC1C. The predicted molar refractivity (Wildman–Crippen MR) is 140 cm³/mol. The number of carbonyl (C=O) groups excluding carboxylic acids is 2. The summed E-state index contributed by atoms with van der Waals surface area (Å²) in [4.78, 5) is 31.0. The maximum absolute atomic E-state index is 13.9. The van der Waals surface area contributed by atoms with Gasteiger partial charge in [0.25, 0.3) is 5.91 Å². The Hall–Kier alpha value is -2.82. The molecule has 0 N–H and O–H groups in total. The van der Waals surface area contributed by atoms with E-state index in [-0.39, 0.29) is 29.8 Å². The van der Waals surface area contributed by atoms with Gasteiger partial charge < -0.3 is 9.80 Å². The minimum Gasteiger partial charge on any atom is -0.309 e. The van der Waals surface area contributed by atoms with Crippen molar-refractivity contribution in [1.82, 2.24) is 0 Å². The summed E-state index contributed by atoms with van der Waals surface area (Å²) in [6, 6.07) is 22.1. The lowest BCUT2D eigenvalue weighted by Crippen LogP contribution is -2.49. The summed E-state index contributed by atoms with van der Waals surface area (Å²) in [7, 11) is 0. The Kier molecular flexibility index (Phi) is 7.30. The van der Waals surface area contributed by atoms with Crippen molar-refractivity contribution in [2.45, 2.75) is 45.7 Å². The van der Waals surface area contributed by atoms with Crippen molar-refractivity contribution in [2.24, 2.45) is 5.92 Å². The first-order valence-electron chi connectivity index (χ1n) is 11.6. The summed E-state index contributed by atoms with van der Waals surface area (Å²) >= 11 is 12.4. The van der Waals surface area contributed by atoms with Gasteiger partial charge in [0.15, 0.2) is 0 Å². The highest BCUT2D eigenvalue weighted by atomic mass is 35.5. The van der Waals surface area contributed by atoms with Crippen LogP contribution in [-0.2, 0) is 4.79 Å². The van der Waals surface area contributed by atoms with Crippen LogP contribution in [0.4, 0.5) is 11.4 Å². The van der Waals surface area contributed by atoms with Crippen molar-refractivity contribution in [2.75, 3.05) is 9.80 Å². The summed E-state index contributed by atoms with van der Waals surface area (Å²) in [5, 5.41) is 0.739. The molecule has 1 aliphatic rings. The number of para-hydroxylation sites is 2. The molecule has 6 heteroatoms. The molecule has 3 aromatic rings. The molecule has 0 spiro atoms. The highest BCUT2D eigenvalue weighted by Crippen LogP contribution is 2.43. The zero-order valence-electron chi connectivity index (χ0n) is 19.5. The van der Waals surface area contributed by atoms with Gasteiger partial charge in [-0.15, -0.1) is 0 Å². The quantitative estimate of drug-likeness (QED) is 0.367. The molecule has 2 amide bonds. The van der Waals surface area contributed by atoms with E-state index in [1.54, 1.807) is 18.2 Å². The van der Waals surface area contributed by atoms with Crippen LogP contribution in [0, 0.1) is 5.92 Å². The maximum atomic E-state index is 13.9. The molecule has 0 fully saturated rings. The Morgan fingerprint density at radius 2 is 1.68 bits per heavy atom. The molecule has 34 heavy (non-hydrogen) atoms. The van der Waals surface area contributed by atoms with Gasteiger partial charge in [0, 0.05) is 28.9 Å². The lowest BCUT2D eigenvalue weighted by molar-refractivity contribution is -0.122. The van der Waals surface area contributed by atoms with Crippen LogP contribution < -0.4 is 9.80 Å². The average molecular weight is 495 g/mol. The van der Waals surface area contributed by atoms with Crippen LogP contribution in [-0.4, -0.2) is 17.9 Å². The Bertz CT molecular complexity index is 1200. The van der Waals surface area contributed by atoms with Crippen LogP contribution in [0.15, 0.2) is 72.8 Å². The standard InChI is InChI=1S/C28H28Cl2N2O2/c1-4-18(2)27(33)31-19(3)16-26(22-12-8-9-13-25(22)31)32(21-10-6-5-7-11-21)28(34)20-14-15-23(29)24(30)17-20/h5-15,17-19,26H,4,16H2,1-3H3. The lowest BCUT2D eigenvalue weighted by atomic mass is 9.88. The van der Waals surface area contributed by atoms with Crippen LogP contribution in [0.5, 0.6) is 0 Å². The fourth-order valence-electron chi connectivity index (χ4n) is 4.57. The summed E-state index contributed by atoms with van der Waals surface area (Å²) in [5.74, 6) is -0.128. The number of benzene rings is 3. The molecule has 1 heterocycles. The second-order valence-electron chi connectivity index (χ2n) is 8.82. The van der Waals surface area contributed by atoms with E-state index in [4.69, 9.17) is 23.2 Å². The predicted octanol–water partition coefficient (Wildman–Crippen LogP) is 7.55. The van der Waals surface area contributed by atoms with Gasteiger partial charge in [-0.1, -0.05) is 73.4 Å². The zero-order valence-corrected chi connectivity index (χ0v) is 21.1. The van der Waals surface area contributed by atoms with E-state index in [0.717, 1.165) is 23.4 Å². The second kappa shape index (κ2) is 10.2. The highest BCUT2D eigenvalue weighted by molar-refractivity contribution is 6.42. The molecular weight excluding hydrogens is 467 g/mol. The molecule has 0 bridgehead atoms. The van der Waals surface area contributed by atoms with Gasteiger partial charge in [0.1, 0.15) is 0 Å². The first-order valence-corrected chi connectivity index (χ1v) is 12.3. The molecule has 0 aromatic heterocycles. The summed E-state index contributed by atoms with van der Waals surface area (Å²) in [6.45, 7) is 6.04. The van der Waals surface area contributed by atoms with Crippen LogP contribution in [0.3, 0.4) is 0 Å². The number of carbonyl (C=O) groups is 2. The van der Waals surface area contributed by atoms with Crippen molar-refractivity contribution >= 4 is 46.4 Å². The molecule has 4 rings (SSSR count). The Labute approximate surface area is 211 Å². The molecule has 4 nitrogen and oxygen atoms in total. The van der Waals surface area contributed by atoms with Gasteiger partial charge in [-0.3, -0.25) is 9.59 Å². The zero-order chi connectivity index (χ0) is 24.4. The summed E-state index contributed by atoms with van der Waals surface area (Å²) in [6.07, 6.45) is 1.39. The largest absolute Gasteiger partial charge is 0.309 e. The van der Waals surface area contributed by atoms with Crippen molar-refractivity contribution in [3.05, 3.63) is 94.0 Å². The normalized spacial score (nSPS) is 18.2. The molecule has 3 unspecified atom stereocenters. The Morgan fingerprint density at radius 1 is 1.00 bits per heavy atom. The summed E-state index contributed by atoms with van der Waals surface area (Å²) in [5.41, 5.74) is 3.06. The fraction of sp³-hybridized carbons (Fsp3) is 0.286. The number of halogens is 2. The van der Waals surface area contributed by atoms with E-state index in [1.807, 2.05) is 78.2 Å². The highest BCUT2D eigenvalue weighted by Gasteiger charge is 2.39. The number of hydrogen-bond acceptors (Lipinski definition) is 2. The molecule has 1 aliphatic heterocycles. The fourth-order valence-corrected chi connectivity index (χ4v) is 4.87. The third-order valence-corrected chi connectivity index (χ3v) is 7.30. The molecule has 0 aliphatic carbocycles. The Balaban J connectivity index is 1.84. The monoisotopic (exact) mass is 494 g/mol. The van der Waals surface area contributed by atoms with Crippen molar-refractivity contribution in [3.63, 3.8) is 0 Å².